The van der Waals surface area contributed by atoms with E-state index in [-0.39, 0.29) is 11.9 Å². The van der Waals surface area contributed by atoms with E-state index >= 15 is 0 Å². The third-order valence-corrected chi connectivity index (χ3v) is 3.49. The molecule has 16 heavy (non-hydrogen) atoms. The van der Waals surface area contributed by atoms with Crippen molar-refractivity contribution in [3.63, 3.8) is 0 Å². The second-order valence-electron chi connectivity index (χ2n) is 4.40. The predicted octanol–water partition coefficient (Wildman–Crippen LogP) is 4.41. The zero-order chi connectivity index (χ0) is 12.1. The van der Waals surface area contributed by atoms with Crippen molar-refractivity contribution < 1.29 is 4.39 Å². The predicted molar refractivity (Wildman–Crippen MR) is 69.7 cm³/mol. The van der Waals surface area contributed by atoms with Gasteiger partial charge in [0.1, 0.15) is 5.82 Å². The third kappa shape index (κ3) is 3.87. The van der Waals surface area contributed by atoms with E-state index in [1.54, 1.807) is 6.07 Å². The van der Waals surface area contributed by atoms with Crippen molar-refractivity contribution in [2.75, 3.05) is 0 Å². The minimum atomic E-state index is -0.232. The molecule has 0 amide bonds. The highest BCUT2D eigenvalue weighted by atomic mass is 79.9. The number of rotatable bonds is 5. The van der Waals surface area contributed by atoms with Gasteiger partial charge < -0.3 is 5.73 Å². The third-order valence-electron chi connectivity index (χ3n) is 2.80. The molecule has 0 saturated heterocycles. The first-order valence-electron chi connectivity index (χ1n) is 5.75. The van der Waals surface area contributed by atoms with Crippen LogP contribution in [0.1, 0.15) is 44.7 Å². The van der Waals surface area contributed by atoms with Crippen molar-refractivity contribution in [1.29, 1.82) is 0 Å². The van der Waals surface area contributed by atoms with Gasteiger partial charge in [0.2, 0.25) is 0 Å². The summed E-state index contributed by atoms with van der Waals surface area (Å²) in [6.07, 6.45) is 3.31. The summed E-state index contributed by atoms with van der Waals surface area (Å²) < 4.78 is 13.7. The molecule has 1 aromatic rings. The molecule has 0 saturated carbocycles. The van der Waals surface area contributed by atoms with Crippen molar-refractivity contribution in [2.45, 2.75) is 39.2 Å². The number of nitrogens with two attached hydrogens (primary N) is 1. The van der Waals surface area contributed by atoms with E-state index in [0.29, 0.717) is 5.92 Å². The molecular weight excluding hydrogens is 269 g/mol. The summed E-state index contributed by atoms with van der Waals surface area (Å²) in [6, 6.07) is 4.68. The summed E-state index contributed by atoms with van der Waals surface area (Å²) in [7, 11) is 0. The second kappa shape index (κ2) is 6.36. The van der Waals surface area contributed by atoms with Gasteiger partial charge in [0, 0.05) is 10.5 Å². The van der Waals surface area contributed by atoms with Gasteiger partial charge in [-0.3, -0.25) is 0 Å². The molecule has 1 aromatic carbocycles. The van der Waals surface area contributed by atoms with Gasteiger partial charge in [-0.15, -0.1) is 0 Å². The van der Waals surface area contributed by atoms with Crippen LogP contribution in [-0.4, -0.2) is 0 Å². The molecule has 0 bridgehead atoms. The fourth-order valence-electron chi connectivity index (χ4n) is 1.97. The Bertz CT molecular complexity index is 341. The lowest BCUT2D eigenvalue weighted by molar-refractivity contribution is 0.439. The SMILES string of the molecule is CCCC(C)CC(N)c1ccc(F)cc1Br. The van der Waals surface area contributed by atoms with Gasteiger partial charge in [-0.05, 0) is 30.0 Å². The number of benzene rings is 1. The Morgan fingerprint density at radius 3 is 2.69 bits per heavy atom. The zero-order valence-corrected chi connectivity index (χ0v) is 11.4. The average molecular weight is 288 g/mol. The first-order chi connectivity index (χ1) is 7.54. The molecule has 1 rings (SSSR count). The largest absolute Gasteiger partial charge is 0.324 e. The molecule has 0 aliphatic rings. The van der Waals surface area contributed by atoms with E-state index < -0.39 is 0 Å². The zero-order valence-electron chi connectivity index (χ0n) is 9.84. The van der Waals surface area contributed by atoms with Gasteiger partial charge in [0.05, 0.1) is 0 Å². The normalized spacial score (nSPS) is 14.8. The van der Waals surface area contributed by atoms with Crippen LogP contribution < -0.4 is 5.73 Å². The van der Waals surface area contributed by atoms with Crippen LogP contribution in [0.4, 0.5) is 4.39 Å². The highest BCUT2D eigenvalue weighted by Gasteiger charge is 2.13. The molecule has 2 N–H and O–H groups in total. The molecule has 2 unspecified atom stereocenters. The van der Waals surface area contributed by atoms with Crippen LogP contribution in [0.15, 0.2) is 22.7 Å². The minimum Gasteiger partial charge on any atom is -0.324 e. The maximum atomic E-state index is 12.9. The minimum absolute atomic E-state index is 0.0171. The Hall–Kier alpha value is -0.410. The molecule has 2 atom stereocenters. The van der Waals surface area contributed by atoms with Gasteiger partial charge in [0.25, 0.3) is 0 Å². The fourth-order valence-corrected chi connectivity index (χ4v) is 2.62. The average Bonchev–Trinajstić information content (AvgIpc) is 2.17. The van der Waals surface area contributed by atoms with Crippen LogP contribution in [0.25, 0.3) is 0 Å². The Labute approximate surface area is 105 Å². The summed E-state index contributed by atoms with van der Waals surface area (Å²) in [5.74, 6) is 0.376. The van der Waals surface area contributed by atoms with Crippen LogP contribution in [0, 0.1) is 11.7 Å². The number of hydrogen-bond acceptors (Lipinski definition) is 1. The van der Waals surface area contributed by atoms with Gasteiger partial charge in [-0.1, -0.05) is 48.7 Å². The Morgan fingerprint density at radius 1 is 1.44 bits per heavy atom. The van der Waals surface area contributed by atoms with E-state index in [9.17, 15) is 4.39 Å². The second-order valence-corrected chi connectivity index (χ2v) is 5.26. The van der Waals surface area contributed by atoms with Crippen LogP contribution >= 0.6 is 15.9 Å². The fraction of sp³-hybridized carbons (Fsp3) is 0.538. The topological polar surface area (TPSA) is 26.0 Å². The maximum absolute atomic E-state index is 12.9. The molecule has 90 valence electrons. The molecule has 0 spiro atoms. The monoisotopic (exact) mass is 287 g/mol. The van der Waals surface area contributed by atoms with Crippen molar-refractivity contribution in [2.24, 2.45) is 11.7 Å². The molecule has 0 fully saturated rings. The Morgan fingerprint density at radius 2 is 2.12 bits per heavy atom. The van der Waals surface area contributed by atoms with Crippen LogP contribution in [0.3, 0.4) is 0 Å². The summed E-state index contributed by atoms with van der Waals surface area (Å²) in [5.41, 5.74) is 7.11. The van der Waals surface area contributed by atoms with Crippen molar-refractivity contribution >= 4 is 15.9 Å². The van der Waals surface area contributed by atoms with Crippen molar-refractivity contribution in [3.8, 4) is 0 Å². The lowest BCUT2D eigenvalue weighted by atomic mass is 9.93. The van der Waals surface area contributed by atoms with E-state index in [2.05, 4.69) is 29.8 Å². The van der Waals surface area contributed by atoms with E-state index in [1.807, 2.05) is 0 Å². The molecule has 1 nitrogen and oxygen atoms in total. The summed E-state index contributed by atoms with van der Waals surface area (Å²) in [4.78, 5) is 0. The number of halogens is 2. The Kier molecular flexibility index (Phi) is 5.42. The highest BCUT2D eigenvalue weighted by Crippen LogP contribution is 2.28. The first kappa shape index (κ1) is 13.7. The molecular formula is C13H19BrFN. The lowest BCUT2D eigenvalue weighted by Gasteiger charge is -2.18. The number of hydrogen-bond donors (Lipinski definition) is 1. The van der Waals surface area contributed by atoms with Crippen LogP contribution in [0.5, 0.6) is 0 Å². The summed E-state index contributed by atoms with van der Waals surface area (Å²) >= 11 is 3.36. The molecule has 0 heterocycles. The van der Waals surface area contributed by atoms with E-state index in [4.69, 9.17) is 5.73 Å². The summed E-state index contributed by atoms with van der Waals surface area (Å²) in [5, 5.41) is 0. The molecule has 0 aliphatic heterocycles. The van der Waals surface area contributed by atoms with E-state index in [1.165, 1.54) is 25.0 Å². The quantitative estimate of drug-likeness (QED) is 0.853. The van der Waals surface area contributed by atoms with E-state index in [0.717, 1.165) is 16.5 Å². The Balaban J connectivity index is 2.69. The van der Waals surface area contributed by atoms with Gasteiger partial charge in [-0.25, -0.2) is 4.39 Å². The molecule has 0 radical (unpaired) electrons. The van der Waals surface area contributed by atoms with Crippen LogP contribution in [-0.2, 0) is 0 Å². The van der Waals surface area contributed by atoms with Gasteiger partial charge in [-0.2, -0.15) is 0 Å². The highest BCUT2D eigenvalue weighted by molar-refractivity contribution is 9.10. The lowest BCUT2D eigenvalue weighted by Crippen LogP contribution is -2.14. The summed E-state index contributed by atoms with van der Waals surface area (Å²) in [6.45, 7) is 4.39. The smallest absolute Gasteiger partial charge is 0.124 e. The maximum Gasteiger partial charge on any atom is 0.124 e. The van der Waals surface area contributed by atoms with Gasteiger partial charge >= 0.3 is 0 Å². The molecule has 0 aliphatic carbocycles. The standard InChI is InChI=1S/C13H19BrFN/c1-3-4-9(2)7-13(16)11-6-5-10(15)8-12(11)14/h5-6,8-9,13H,3-4,7,16H2,1-2H3. The molecule has 3 heteroatoms. The van der Waals surface area contributed by atoms with Crippen LogP contribution in [0.2, 0.25) is 0 Å². The molecule has 0 aromatic heterocycles. The van der Waals surface area contributed by atoms with Crippen molar-refractivity contribution in [1.82, 2.24) is 0 Å². The van der Waals surface area contributed by atoms with Crippen molar-refractivity contribution in [3.05, 3.63) is 34.1 Å². The first-order valence-corrected chi connectivity index (χ1v) is 6.54. The van der Waals surface area contributed by atoms with Gasteiger partial charge in [0.15, 0.2) is 0 Å².